The summed E-state index contributed by atoms with van der Waals surface area (Å²) >= 11 is 5.81. The monoisotopic (exact) mass is 473 g/mol. The molecule has 1 saturated carbocycles. The first-order valence-corrected chi connectivity index (χ1v) is 11.1. The third-order valence-electron chi connectivity index (χ3n) is 6.31. The molecule has 5 N–H and O–H groups in total. The molecule has 0 bridgehead atoms. The molecule has 1 aliphatic carbocycles. The Morgan fingerprint density at radius 2 is 2.00 bits per heavy atom. The second kappa shape index (κ2) is 8.55. The largest absolute Gasteiger partial charge is 0.403 e. The van der Waals surface area contributed by atoms with Crippen LogP contribution in [0.3, 0.4) is 0 Å². The van der Waals surface area contributed by atoms with E-state index in [1.54, 1.807) is 18.5 Å². The van der Waals surface area contributed by atoms with E-state index < -0.39 is 29.0 Å². The third kappa shape index (κ3) is 3.86. The number of nitrogens with zero attached hydrogens (tertiary/aromatic N) is 1. The Bertz CT molecular complexity index is 1200. The number of Topliss-reactive ketones (excluding diaryl/α,β-unsaturated/α-hetero) is 1. The van der Waals surface area contributed by atoms with Gasteiger partial charge >= 0.3 is 0 Å². The van der Waals surface area contributed by atoms with Crippen LogP contribution in [-0.4, -0.2) is 34.8 Å². The van der Waals surface area contributed by atoms with Crippen molar-refractivity contribution in [2.75, 3.05) is 12.4 Å². The van der Waals surface area contributed by atoms with E-state index in [0.29, 0.717) is 42.8 Å². The molecule has 1 aromatic carbocycles. The molecular formula is C23H25ClFN5O3. The van der Waals surface area contributed by atoms with Gasteiger partial charge in [0.2, 0.25) is 0 Å². The molecule has 2 amide bonds. The predicted octanol–water partition coefficient (Wildman–Crippen LogP) is 2.64. The molecule has 4 rings (SSSR count). The lowest BCUT2D eigenvalue weighted by Crippen LogP contribution is -2.45. The van der Waals surface area contributed by atoms with E-state index >= 15 is 0 Å². The number of nitrogens with two attached hydrogens (primary N) is 1. The highest BCUT2D eigenvalue weighted by Gasteiger charge is 2.48. The van der Waals surface area contributed by atoms with Crippen LogP contribution in [0.4, 0.5) is 10.1 Å². The second-order valence-electron chi connectivity index (χ2n) is 8.30. The molecule has 1 aromatic heterocycles. The van der Waals surface area contributed by atoms with Crippen LogP contribution in [0, 0.1) is 12.7 Å². The molecule has 0 atom stereocenters. The highest BCUT2D eigenvalue weighted by atomic mass is 35.5. The number of carbonyl (C=O) groups excluding carboxylic acids is 3. The van der Waals surface area contributed by atoms with Crippen LogP contribution < -0.4 is 21.7 Å². The number of benzene rings is 1. The molecule has 2 aromatic rings. The van der Waals surface area contributed by atoms with Crippen molar-refractivity contribution < 1.29 is 18.8 Å². The molecule has 1 fully saturated rings. The van der Waals surface area contributed by atoms with Crippen molar-refractivity contribution in [2.45, 2.75) is 44.7 Å². The fourth-order valence-electron chi connectivity index (χ4n) is 4.55. The van der Waals surface area contributed by atoms with Gasteiger partial charge in [-0.2, -0.15) is 0 Å². The molecule has 1 aliphatic heterocycles. The van der Waals surface area contributed by atoms with Gasteiger partial charge in [0.25, 0.3) is 17.6 Å². The van der Waals surface area contributed by atoms with Crippen molar-refractivity contribution in [3.05, 3.63) is 63.5 Å². The molecular weight excluding hydrogens is 449 g/mol. The SMILES string of the molecule is CN/C(=C\N)C1(NC(=O)C(=O)c2c(C)c(C(=O)Nc3cccc(Cl)c3F)n3c2CCC3)CC1. The summed E-state index contributed by atoms with van der Waals surface area (Å²) in [6.07, 6.45) is 4.01. The topological polar surface area (TPSA) is 118 Å². The maximum absolute atomic E-state index is 14.3. The van der Waals surface area contributed by atoms with E-state index in [0.717, 1.165) is 6.42 Å². The number of carbonyl (C=O) groups is 3. The van der Waals surface area contributed by atoms with Gasteiger partial charge in [-0.15, -0.1) is 0 Å². The van der Waals surface area contributed by atoms with Gasteiger partial charge in [-0.25, -0.2) is 4.39 Å². The lowest BCUT2D eigenvalue weighted by atomic mass is 10.0. The highest BCUT2D eigenvalue weighted by molar-refractivity contribution is 6.44. The van der Waals surface area contributed by atoms with E-state index in [4.69, 9.17) is 17.3 Å². The summed E-state index contributed by atoms with van der Waals surface area (Å²) in [5.41, 5.74) is 7.04. The molecule has 2 aliphatic rings. The minimum Gasteiger partial charge on any atom is -0.403 e. The number of rotatable bonds is 7. The molecule has 2 heterocycles. The van der Waals surface area contributed by atoms with Gasteiger partial charge in [-0.3, -0.25) is 14.4 Å². The zero-order valence-corrected chi connectivity index (χ0v) is 19.1. The smallest absolute Gasteiger partial charge is 0.293 e. The number of aromatic nitrogens is 1. The van der Waals surface area contributed by atoms with Crippen LogP contribution in [0.1, 0.15) is 51.4 Å². The average molecular weight is 474 g/mol. The van der Waals surface area contributed by atoms with Gasteiger partial charge in [0.15, 0.2) is 5.82 Å². The lowest BCUT2D eigenvalue weighted by Gasteiger charge is -2.20. The minimum absolute atomic E-state index is 0.0603. The first kappa shape index (κ1) is 22.8. The Kier molecular flexibility index (Phi) is 5.92. The van der Waals surface area contributed by atoms with Crippen molar-refractivity contribution in [1.82, 2.24) is 15.2 Å². The predicted molar refractivity (Wildman–Crippen MR) is 123 cm³/mol. The Labute approximate surface area is 195 Å². The van der Waals surface area contributed by atoms with Crippen LogP contribution in [0.2, 0.25) is 5.02 Å². The number of amides is 2. The van der Waals surface area contributed by atoms with E-state index in [1.165, 1.54) is 24.4 Å². The Morgan fingerprint density at radius 3 is 2.64 bits per heavy atom. The van der Waals surface area contributed by atoms with E-state index in [9.17, 15) is 18.8 Å². The molecule has 0 unspecified atom stereocenters. The Morgan fingerprint density at radius 1 is 1.27 bits per heavy atom. The van der Waals surface area contributed by atoms with Crippen molar-refractivity contribution in [3.8, 4) is 0 Å². The van der Waals surface area contributed by atoms with Crippen molar-refractivity contribution >= 4 is 34.9 Å². The molecule has 0 spiro atoms. The molecule has 0 saturated heterocycles. The van der Waals surface area contributed by atoms with Crippen molar-refractivity contribution in [3.63, 3.8) is 0 Å². The summed E-state index contributed by atoms with van der Waals surface area (Å²) in [6, 6.07) is 4.31. The van der Waals surface area contributed by atoms with Crippen LogP contribution in [0.5, 0.6) is 0 Å². The maximum Gasteiger partial charge on any atom is 0.293 e. The quantitative estimate of drug-likeness (QED) is 0.364. The first-order valence-electron chi connectivity index (χ1n) is 10.7. The fraction of sp³-hybridized carbons (Fsp3) is 0.348. The van der Waals surface area contributed by atoms with Gasteiger partial charge in [-0.05, 0) is 50.3 Å². The molecule has 8 nitrogen and oxygen atoms in total. The van der Waals surface area contributed by atoms with Crippen LogP contribution in [-0.2, 0) is 17.8 Å². The summed E-state index contributed by atoms with van der Waals surface area (Å²) < 4.78 is 16.0. The normalized spacial score (nSPS) is 16.2. The summed E-state index contributed by atoms with van der Waals surface area (Å²) in [6.45, 7) is 2.15. The van der Waals surface area contributed by atoms with Gasteiger partial charge in [0.05, 0.1) is 27.5 Å². The average Bonchev–Trinajstić information content (AvgIpc) is 3.29. The van der Waals surface area contributed by atoms with Gasteiger partial charge < -0.3 is 26.3 Å². The van der Waals surface area contributed by atoms with Gasteiger partial charge in [0.1, 0.15) is 5.69 Å². The van der Waals surface area contributed by atoms with Crippen LogP contribution >= 0.6 is 11.6 Å². The summed E-state index contributed by atoms with van der Waals surface area (Å²) in [5, 5.41) is 8.18. The number of likely N-dealkylation sites (N-methyl/N-ethyl adjacent to an activating group) is 1. The van der Waals surface area contributed by atoms with Crippen molar-refractivity contribution in [1.29, 1.82) is 0 Å². The number of fused-ring (bicyclic) bond motifs is 1. The van der Waals surface area contributed by atoms with E-state index in [-0.39, 0.29) is 22.0 Å². The summed E-state index contributed by atoms with van der Waals surface area (Å²) in [5.74, 6) is -2.77. The number of nitrogens with one attached hydrogen (secondary N) is 3. The van der Waals surface area contributed by atoms with E-state index in [1.807, 2.05) is 0 Å². The highest BCUT2D eigenvalue weighted by Crippen LogP contribution is 2.41. The Balaban J connectivity index is 1.64. The lowest BCUT2D eigenvalue weighted by molar-refractivity contribution is -0.117. The third-order valence-corrected chi connectivity index (χ3v) is 6.60. The number of hydrogen-bond acceptors (Lipinski definition) is 5. The van der Waals surface area contributed by atoms with Gasteiger partial charge in [0, 0.05) is 25.5 Å². The molecule has 174 valence electrons. The number of anilines is 1. The van der Waals surface area contributed by atoms with E-state index in [2.05, 4.69) is 16.0 Å². The van der Waals surface area contributed by atoms with Crippen LogP contribution in [0.25, 0.3) is 0 Å². The zero-order chi connectivity index (χ0) is 23.9. The fourth-order valence-corrected chi connectivity index (χ4v) is 4.73. The standard InChI is InChI=1S/C23H25ClFN5O3/c1-12-17(20(31)22(33)29-23(8-9-23)16(11-26)27-2)15-7-4-10-30(15)19(12)21(32)28-14-6-3-5-13(24)18(14)25/h3,5-6,11,27H,4,7-10,26H2,1-2H3,(H,28,32)(H,29,33)/b16-11-. The summed E-state index contributed by atoms with van der Waals surface area (Å²) in [7, 11) is 1.70. The van der Waals surface area contributed by atoms with Gasteiger partial charge in [-0.1, -0.05) is 17.7 Å². The maximum atomic E-state index is 14.3. The first-order chi connectivity index (χ1) is 15.7. The minimum atomic E-state index is -0.752. The second-order valence-corrected chi connectivity index (χ2v) is 8.71. The molecule has 0 radical (unpaired) electrons. The number of halogens is 2. The van der Waals surface area contributed by atoms with Crippen molar-refractivity contribution in [2.24, 2.45) is 5.73 Å². The number of hydrogen-bond donors (Lipinski definition) is 4. The van der Waals surface area contributed by atoms with Crippen LogP contribution in [0.15, 0.2) is 30.1 Å². The molecule has 10 heteroatoms. The molecule has 33 heavy (non-hydrogen) atoms. The summed E-state index contributed by atoms with van der Waals surface area (Å²) in [4.78, 5) is 39.2. The number of ketones is 1. The Hall–Kier alpha value is -3.33. The zero-order valence-electron chi connectivity index (χ0n) is 18.4.